The summed E-state index contributed by atoms with van der Waals surface area (Å²) in [7, 11) is 0. The quantitative estimate of drug-likeness (QED) is 0.691. The Labute approximate surface area is 96.1 Å². The van der Waals surface area contributed by atoms with Crippen LogP contribution in [0.5, 0.6) is 0 Å². The summed E-state index contributed by atoms with van der Waals surface area (Å²) >= 11 is 0. The van der Waals surface area contributed by atoms with Crippen LogP contribution in [0.4, 0.5) is 26.3 Å². The van der Waals surface area contributed by atoms with Crippen molar-refractivity contribution in [3.63, 3.8) is 0 Å². The Morgan fingerprint density at radius 3 is 1.35 bits per heavy atom. The SMILES string of the molecule is CC(C)C(F)(C(F)(F)F)C(F)(F)OC(C)(C)C. The third-order valence-corrected chi connectivity index (χ3v) is 2.07. The maximum Gasteiger partial charge on any atom is 0.431 e. The van der Waals surface area contributed by atoms with Crippen LogP contribution in [0.3, 0.4) is 0 Å². The molecule has 1 atom stereocenters. The fraction of sp³-hybridized carbons (Fsp3) is 1.00. The Kier molecular flexibility index (Phi) is 4.21. The number of halogens is 6. The first-order valence-corrected chi connectivity index (χ1v) is 4.99. The number of hydrogen-bond acceptors (Lipinski definition) is 1. The lowest BCUT2D eigenvalue weighted by Gasteiger charge is -2.40. The van der Waals surface area contributed by atoms with E-state index in [1.54, 1.807) is 0 Å². The molecule has 0 aliphatic heterocycles. The minimum atomic E-state index is -5.71. The first-order chi connectivity index (χ1) is 7.15. The number of hydrogen-bond donors (Lipinski definition) is 0. The van der Waals surface area contributed by atoms with Gasteiger partial charge < -0.3 is 4.74 Å². The van der Waals surface area contributed by atoms with Gasteiger partial charge in [-0.1, -0.05) is 13.8 Å². The minimum absolute atomic E-state index is 0.730. The lowest BCUT2D eigenvalue weighted by molar-refractivity contribution is -0.411. The summed E-state index contributed by atoms with van der Waals surface area (Å²) in [6.45, 7) is 4.83. The Morgan fingerprint density at radius 2 is 1.18 bits per heavy atom. The largest absolute Gasteiger partial charge is 0.431 e. The van der Waals surface area contributed by atoms with Crippen LogP contribution in [0.2, 0.25) is 0 Å². The molecule has 0 radical (unpaired) electrons. The van der Waals surface area contributed by atoms with Crippen LogP contribution in [-0.2, 0) is 4.74 Å². The van der Waals surface area contributed by atoms with Crippen molar-refractivity contribution in [2.75, 3.05) is 0 Å². The van der Waals surface area contributed by atoms with Crippen LogP contribution in [0.1, 0.15) is 34.6 Å². The topological polar surface area (TPSA) is 9.23 Å². The minimum Gasteiger partial charge on any atom is -0.312 e. The zero-order valence-corrected chi connectivity index (χ0v) is 10.3. The molecule has 0 spiro atoms. The molecule has 0 N–H and O–H groups in total. The first-order valence-electron chi connectivity index (χ1n) is 4.99. The van der Waals surface area contributed by atoms with Crippen molar-refractivity contribution in [2.24, 2.45) is 5.92 Å². The van der Waals surface area contributed by atoms with E-state index in [2.05, 4.69) is 4.74 Å². The predicted octanol–water partition coefficient (Wildman–Crippen LogP) is 4.32. The van der Waals surface area contributed by atoms with Crippen LogP contribution in [-0.4, -0.2) is 23.6 Å². The molecule has 0 fully saturated rings. The van der Waals surface area contributed by atoms with Gasteiger partial charge in [-0.05, 0) is 20.8 Å². The van der Waals surface area contributed by atoms with Gasteiger partial charge >= 0.3 is 12.3 Å². The van der Waals surface area contributed by atoms with E-state index in [9.17, 15) is 26.3 Å². The van der Waals surface area contributed by atoms with Gasteiger partial charge in [0.15, 0.2) is 0 Å². The van der Waals surface area contributed by atoms with E-state index in [0.717, 1.165) is 34.6 Å². The average molecular weight is 266 g/mol. The normalized spacial score (nSPS) is 18.4. The highest BCUT2D eigenvalue weighted by Gasteiger charge is 2.74. The Morgan fingerprint density at radius 1 is 0.824 bits per heavy atom. The fourth-order valence-corrected chi connectivity index (χ4v) is 1.29. The van der Waals surface area contributed by atoms with Gasteiger partial charge in [-0.15, -0.1) is 0 Å². The molecule has 0 aliphatic carbocycles. The monoisotopic (exact) mass is 266 g/mol. The number of rotatable bonds is 3. The second-order valence-corrected chi connectivity index (χ2v) is 5.10. The molecular formula is C10H16F6O. The van der Waals surface area contributed by atoms with Crippen molar-refractivity contribution in [3.05, 3.63) is 0 Å². The van der Waals surface area contributed by atoms with E-state index in [4.69, 9.17) is 0 Å². The maximum absolute atomic E-state index is 13.7. The average Bonchev–Trinajstić information content (AvgIpc) is 1.94. The van der Waals surface area contributed by atoms with Crippen molar-refractivity contribution in [1.29, 1.82) is 0 Å². The molecule has 0 aromatic heterocycles. The molecule has 0 aromatic carbocycles. The van der Waals surface area contributed by atoms with Gasteiger partial charge in [0.05, 0.1) is 5.60 Å². The predicted molar refractivity (Wildman–Crippen MR) is 50.5 cm³/mol. The molecule has 0 aromatic rings. The first kappa shape index (κ1) is 16.5. The molecule has 1 unspecified atom stereocenters. The smallest absolute Gasteiger partial charge is 0.312 e. The second kappa shape index (κ2) is 4.33. The van der Waals surface area contributed by atoms with E-state index in [0.29, 0.717) is 0 Å². The molecule has 0 rings (SSSR count). The summed E-state index contributed by atoms with van der Waals surface area (Å²) < 4.78 is 81.9. The summed E-state index contributed by atoms with van der Waals surface area (Å²) in [6, 6.07) is 0. The van der Waals surface area contributed by atoms with Gasteiger partial charge in [-0.25, -0.2) is 4.39 Å². The Bertz CT molecular complexity index is 265. The number of alkyl halides is 6. The van der Waals surface area contributed by atoms with Crippen LogP contribution in [0.15, 0.2) is 0 Å². The van der Waals surface area contributed by atoms with E-state index in [-0.39, 0.29) is 0 Å². The van der Waals surface area contributed by atoms with Gasteiger partial charge in [-0.2, -0.15) is 22.0 Å². The molecule has 7 heteroatoms. The summed E-state index contributed by atoms with van der Waals surface area (Å²) in [6.07, 6.45) is -10.7. The third-order valence-electron chi connectivity index (χ3n) is 2.07. The molecule has 0 amide bonds. The van der Waals surface area contributed by atoms with Crippen molar-refractivity contribution in [3.8, 4) is 0 Å². The lowest BCUT2D eigenvalue weighted by Crippen LogP contribution is -2.61. The van der Waals surface area contributed by atoms with Crippen molar-refractivity contribution < 1.29 is 31.1 Å². The summed E-state index contributed by atoms with van der Waals surface area (Å²) in [4.78, 5) is 0. The van der Waals surface area contributed by atoms with Crippen molar-refractivity contribution >= 4 is 0 Å². The second-order valence-electron chi connectivity index (χ2n) is 5.10. The highest BCUT2D eigenvalue weighted by atomic mass is 19.4. The molecule has 17 heavy (non-hydrogen) atoms. The summed E-state index contributed by atoms with van der Waals surface area (Å²) in [5, 5.41) is 0. The summed E-state index contributed by atoms with van der Waals surface area (Å²) in [5.41, 5.74) is -6.31. The van der Waals surface area contributed by atoms with E-state index < -0.39 is 29.5 Å². The molecular weight excluding hydrogens is 250 g/mol. The molecule has 0 heterocycles. The van der Waals surface area contributed by atoms with Gasteiger partial charge in [0.2, 0.25) is 0 Å². The van der Waals surface area contributed by atoms with Crippen LogP contribution < -0.4 is 0 Å². The molecule has 0 saturated heterocycles. The van der Waals surface area contributed by atoms with Crippen molar-refractivity contribution in [1.82, 2.24) is 0 Å². The third kappa shape index (κ3) is 3.26. The van der Waals surface area contributed by atoms with Crippen LogP contribution in [0.25, 0.3) is 0 Å². The van der Waals surface area contributed by atoms with Crippen molar-refractivity contribution in [2.45, 2.75) is 58.2 Å². The zero-order chi connectivity index (χ0) is 14.3. The highest BCUT2D eigenvalue weighted by molar-refractivity contribution is 4.98. The molecule has 1 nitrogen and oxygen atoms in total. The zero-order valence-electron chi connectivity index (χ0n) is 10.3. The van der Waals surface area contributed by atoms with Gasteiger partial charge in [0, 0.05) is 5.92 Å². The molecule has 0 bridgehead atoms. The van der Waals surface area contributed by atoms with Gasteiger partial charge in [0.1, 0.15) is 0 Å². The lowest BCUT2D eigenvalue weighted by atomic mass is 9.90. The molecule has 104 valence electrons. The fourth-order valence-electron chi connectivity index (χ4n) is 1.29. The molecule has 0 aliphatic rings. The van der Waals surface area contributed by atoms with Gasteiger partial charge in [-0.3, -0.25) is 0 Å². The molecule has 0 saturated carbocycles. The summed E-state index contributed by atoms with van der Waals surface area (Å²) in [5.74, 6) is -1.97. The van der Waals surface area contributed by atoms with Crippen LogP contribution in [0, 0.1) is 5.92 Å². The van der Waals surface area contributed by atoms with Crippen LogP contribution >= 0.6 is 0 Å². The Balaban J connectivity index is 5.49. The van der Waals surface area contributed by atoms with E-state index in [1.165, 1.54) is 0 Å². The standard InChI is InChI=1S/C10H16F6O/c1-6(2)8(11,9(12,13)14)10(15,16)17-7(3,4)5/h6H,1-5H3. The maximum atomic E-state index is 13.7. The Hall–Kier alpha value is -0.460. The van der Waals surface area contributed by atoms with Gasteiger partial charge in [0.25, 0.3) is 5.67 Å². The number of ether oxygens (including phenoxy) is 1. The van der Waals surface area contributed by atoms with E-state index >= 15 is 0 Å². The van der Waals surface area contributed by atoms with E-state index in [1.807, 2.05) is 0 Å². The highest BCUT2D eigenvalue weighted by Crippen LogP contribution is 2.51.